The van der Waals surface area contributed by atoms with E-state index in [0.29, 0.717) is 22.5 Å². The van der Waals surface area contributed by atoms with E-state index in [1.54, 1.807) is 45.9 Å². The molecule has 0 unspecified atom stereocenters. The van der Waals surface area contributed by atoms with Crippen molar-refractivity contribution in [3.05, 3.63) is 46.5 Å². The van der Waals surface area contributed by atoms with Gasteiger partial charge in [-0.15, -0.1) is 0 Å². The summed E-state index contributed by atoms with van der Waals surface area (Å²) in [5, 5.41) is 17.9. The van der Waals surface area contributed by atoms with Crippen molar-refractivity contribution in [1.29, 1.82) is 0 Å². The number of phenols is 1. The molecule has 0 amide bonds. The summed E-state index contributed by atoms with van der Waals surface area (Å²) in [5.41, 5.74) is 3.54. The van der Waals surface area contributed by atoms with E-state index < -0.39 is 10.1 Å². The maximum Gasteiger partial charge on any atom is 0.294 e. The van der Waals surface area contributed by atoms with Crippen molar-refractivity contribution < 1.29 is 18.1 Å². The average molecular weight is 334 g/mol. The number of benzene rings is 2. The van der Waals surface area contributed by atoms with Gasteiger partial charge in [0.15, 0.2) is 0 Å². The molecule has 2 rings (SSSR count). The number of aromatic hydroxyl groups is 1. The van der Waals surface area contributed by atoms with E-state index in [1.807, 2.05) is 0 Å². The Kier molecular flexibility index (Phi) is 4.53. The van der Waals surface area contributed by atoms with Gasteiger partial charge in [0.1, 0.15) is 5.75 Å². The van der Waals surface area contributed by atoms with Crippen LogP contribution in [0, 0.1) is 27.7 Å². The fraction of sp³-hybridized carbons (Fsp3) is 0.250. The minimum Gasteiger partial charge on any atom is -0.508 e. The second kappa shape index (κ2) is 6.10. The highest BCUT2D eigenvalue weighted by atomic mass is 32.2. The summed E-state index contributed by atoms with van der Waals surface area (Å²) in [5.74, 6) is 0.182. The van der Waals surface area contributed by atoms with Gasteiger partial charge in [0.25, 0.3) is 10.1 Å². The molecule has 0 aliphatic rings. The number of azo groups is 1. The standard InChI is InChI=1S/C16H18N2O4S/c1-9-5-12(4)16(23(20,21)22)8-14(9)18-17-13-6-11(3)15(19)7-10(13)2/h5-8,19H,1-4H3,(H,20,21,22). The van der Waals surface area contributed by atoms with Gasteiger partial charge in [-0.1, -0.05) is 6.07 Å². The van der Waals surface area contributed by atoms with E-state index in [1.165, 1.54) is 6.07 Å². The Morgan fingerprint density at radius 2 is 1.30 bits per heavy atom. The van der Waals surface area contributed by atoms with Gasteiger partial charge >= 0.3 is 0 Å². The van der Waals surface area contributed by atoms with E-state index >= 15 is 0 Å². The van der Waals surface area contributed by atoms with Crippen molar-refractivity contribution in [2.24, 2.45) is 10.2 Å². The van der Waals surface area contributed by atoms with E-state index in [4.69, 9.17) is 0 Å². The van der Waals surface area contributed by atoms with Crippen LogP contribution in [-0.2, 0) is 10.1 Å². The van der Waals surface area contributed by atoms with E-state index in [-0.39, 0.29) is 10.6 Å². The van der Waals surface area contributed by atoms with Gasteiger partial charge in [0.05, 0.1) is 16.3 Å². The molecule has 0 aliphatic heterocycles. The lowest BCUT2D eigenvalue weighted by atomic mass is 10.1. The molecule has 2 aromatic carbocycles. The number of hydrogen-bond donors (Lipinski definition) is 2. The second-order valence-corrected chi connectivity index (χ2v) is 6.89. The van der Waals surface area contributed by atoms with Gasteiger partial charge in [0.2, 0.25) is 0 Å². The first-order valence-electron chi connectivity index (χ1n) is 6.90. The number of hydrogen-bond acceptors (Lipinski definition) is 5. The monoisotopic (exact) mass is 334 g/mol. The zero-order chi connectivity index (χ0) is 17.4. The molecule has 0 spiro atoms. The SMILES string of the molecule is Cc1cc(N=Nc2cc(S(=O)(=O)O)c(C)cc2C)c(C)cc1O. The highest BCUT2D eigenvalue weighted by Gasteiger charge is 2.15. The van der Waals surface area contributed by atoms with Crippen molar-refractivity contribution in [3.8, 4) is 5.75 Å². The maximum absolute atomic E-state index is 11.4. The number of nitrogens with zero attached hydrogens (tertiary/aromatic N) is 2. The topological polar surface area (TPSA) is 99.3 Å². The summed E-state index contributed by atoms with van der Waals surface area (Å²) in [6.45, 7) is 6.93. The summed E-state index contributed by atoms with van der Waals surface area (Å²) >= 11 is 0. The minimum absolute atomic E-state index is 0.182. The van der Waals surface area contributed by atoms with Crippen LogP contribution in [-0.4, -0.2) is 18.1 Å². The van der Waals surface area contributed by atoms with Crippen molar-refractivity contribution in [2.45, 2.75) is 32.6 Å². The fourth-order valence-electron chi connectivity index (χ4n) is 2.21. The van der Waals surface area contributed by atoms with Crippen LogP contribution in [0.5, 0.6) is 5.75 Å². The predicted octanol–water partition coefficient (Wildman–Crippen LogP) is 4.29. The zero-order valence-electron chi connectivity index (χ0n) is 13.3. The van der Waals surface area contributed by atoms with Gasteiger partial charge in [0, 0.05) is 0 Å². The van der Waals surface area contributed by atoms with Crippen LogP contribution >= 0.6 is 0 Å². The molecule has 0 atom stereocenters. The summed E-state index contributed by atoms with van der Waals surface area (Å²) in [4.78, 5) is -0.185. The second-order valence-electron chi connectivity index (χ2n) is 5.50. The first kappa shape index (κ1) is 17.1. The summed E-state index contributed by atoms with van der Waals surface area (Å²) in [6.07, 6.45) is 0. The molecule has 0 aromatic heterocycles. The van der Waals surface area contributed by atoms with Crippen LogP contribution in [0.4, 0.5) is 11.4 Å². The molecule has 2 N–H and O–H groups in total. The van der Waals surface area contributed by atoms with E-state index in [9.17, 15) is 18.1 Å². The molecule has 0 heterocycles. The summed E-state index contributed by atoms with van der Waals surface area (Å²) < 4.78 is 32.0. The predicted molar refractivity (Wildman–Crippen MR) is 87.5 cm³/mol. The lowest BCUT2D eigenvalue weighted by Crippen LogP contribution is -2.01. The third kappa shape index (κ3) is 3.75. The Balaban J connectivity index is 2.50. The largest absolute Gasteiger partial charge is 0.508 e. The smallest absolute Gasteiger partial charge is 0.294 e. The van der Waals surface area contributed by atoms with Crippen LogP contribution in [0.3, 0.4) is 0 Å². The Labute approximate surface area is 135 Å². The molecular formula is C16H18N2O4S. The molecule has 0 aliphatic carbocycles. The molecule has 122 valence electrons. The molecule has 6 nitrogen and oxygen atoms in total. The summed E-state index contributed by atoms with van der Waals surface area (Å²) in [7, 11) is -4.31. The van der Waals surface area contributed by atoms with Crippen LogP contribution in [0.15, 0.2) is 39.4 Å². The Morgan fingerprint density at radius 1 is 0.783 bits per heavy atom. The van der Waals surface area contributed by atoms with Gasteiger partial charge in [-0.05, 0) is 68.1 Å². The maximum atomic E-state index is 11.4. The third-order valence-electron chi connectivity index (χ3n) is 3.55. The number of phenolic OH excluding ortho intramolecular Hbond substituents is 1. The lowest BCUT2D eigenvalue weighted by Gasteiger charge is -2.07. The molecule has 7 heteroatoms. The summed E-state index contributed by atoms with van der Waals surface area (Å²) in [6, 6.07) is 6.22. The highest BCUT2D eigenvalue weighted by molar-refractivity contribution is 7.85. The van der Waals surface area contributed by atoms with Crippen LogP contribution in [0.2, 0.25) is 0 Å². The Bertz CT molecular complexity index is 903. The van der Waals surface area contributed by atoms with Crippen molar-refractivity contribution in [3.63, 3.8) is 0 Å². The molecule has 2 aromatic rings. The number of rotatable bonds is 3. The van der Waals surface area contributed by atoms with Crippen molar-refractivity contribution >= 4 is 21.5 Å². The molecular weight excluding hydrogens is 316 g/mol. The van der Waals surface area contributed by atoms with Crippen molar-refractivity contribution in [2.75, 3.05) is 0 Å². The fourth-order valence-corrected chi connectivity index (χ4v) is 2.93. The molecule has 23 heavy (non-hydrogen) atoms. The quantitative estimate of drug-likeness (QED) is 0.646. The van der Waals surface area contributed by atoms with Gasteiger partial charge in [-0.25, -0.2) is 0 Å². The Hall–Kier alpha value is -2.25. The number of aryl methyl sites for hydroxylation is 4. The van der Waals surface area contributed by atoms with E-state index in [0.717, 1.165) is 11.1 Å². The van der Waals surface area contributed by atoms with Crippen LogP contribution in [0.1, 0.15) is 22.3 Å². The Morgan fingerprint density at radius 3 is 1.87 bits per heavy atom. The first-order valence-corrected chi connectivity index (χ1v) is 8.34. The molecule has 0 bridgehead atoms. The highest BCUT2D eigenvalue weighted by Crippen LogP contribution is 2.31. The zero-order valence-corrected chi connectivity index (χ0v) is 14.1. The van der Waals surface area contributed by atoms with E-state index in [2.05, 4.69) is 10.2 Å². The molecule has 0 saturated carbocycles. The van der Waals surface area contributed by atoms with Gasteiger partial charge in [-0.3, -0.25) is 4.55 Å². The third-order valence-corrected chi connectivity index (χ3v) is 4.55. The van der Waals surface area contributed by atoms with Crippen molar-refractivity contribution in [1.82, 2.24) is 0 Å². The average Bonchev–Trinajstić information content (AvgIpc) is 2.41. The first-order chi connectivity index (χ1) is 10.6. The normalized spacial score (nSPS) is 12.0. The minimum atomic E-state index is -4.31. The molecule has 0 saturated heterocycles. The lowest BCUT2D eigenvalue weighted by molar-refractivity contribution is 0.470. The van der Waals surface area contributed by atoms with Gasteiger partial charge < -0.3 is 5.11 Å². The van der Waals surface area contributed by atoms with Gasteiger partial charge in [-0.2, -0.15) is 18.6 Å². The van der Waals surface area contributed by atoms with Crippen LogP contribution in [0.25, 0.3) is 0 Å². The molecule has 0 fully saturated rings. The van der Waals surface area contributed by atoms with Crippen LogP contribution < -0.4 is 0 Å². The molecule has 0 radical (unpaired) electrons.